The molecular formula is C29H33N3O5S. The maximum absolute atomic E-state index is 13.1. The molecule has 1 fully saturated rings. The fraction of sp³-hybridized carbons (Fsp3) is 0.345. The van der Waals surface area contributed by atoms with E-state index in [0.717, 1.165) is 53.4 Å². The van der Waals surface area contributed by atoms with Crippen molar-refractivity contribution in [3.63, 3.8) is 0 Å². The number of carbonyl (C=O) groups is 1. The fourth-order valence-electron chi connectivity index (χ4n) is 4.79. The van der Waals surface area contributed by atoms with Crippen LogP contribution < -0.4 is 13.8 Å². The molecule has 0 bridgehead atoms. The predicted molar refractivity (Wildman–Crippen MR) is 147 cm³/mol. The molecule has 2 aliphatic rings. The lowest BCUT2D eigenvalue weighted by molar-refractivity contribution is 0.0628. The molecule has 200 valence electrons. The van der Waals surface area contributed by atoms with E-state index < -0.39 is 10.0 Å². The molecule has 2 aliphatic heterocycles. The number of amides is 1. The number of aryl methyl sites for hydroxylation is 2. The van der Waals surface area contributed by atoms with Crippen LogP contribution in [0.3, 0.4) is 0 Å². The second-order valence-corrected chi connectivity index (χ2v) is 11.9. The monoisotopic (exact) mass is 535 g/mol. The Morgan fingerprint density at radius 1 is 0.842 bits per heavy atom. The second-order valence-electron chi connectivity index (χ2n) is 9.99. The highest BCUT2D eigenvalue weighted by Crippen LogP contribution is 2.33. The number of sulfonamides is 1. The molecule has 0 radical (unpaired) electrons. The van der Waals surface area contributed by atoms with Crippen LogP contribution in [0.2, 0.25) is 0 Å². The van der Waals surface area contributed by atoms with Crippen LogP contribution in [0.25, 0.3) is 0 Å². The largest absolute Gasteiger partial charge is 0.454 e. The van der Waals surface area contributed by atoms with Crippen molar-refractivity contribution in [2.75, 3.05) is 43.5 Å². The Morgan fingerprint density at radius 3 is 2.21 bits per heavy atom. The fourth-order valence-corrected chi connectivity index (χ4v) is 5.67. The first-order valence-electron chi connectivity index (χ1n) is 12.7. The summed E-state index contributed by atoms with van der Waals surface area (Å²) in [6, 6.07) is 18.9. The molecule has 0 atom stereocenters. The van der Waals surface area contributed by atoms with Gasteiger partial charge < -0.3 is 14.4 Å². The van der Waals surface area contributed by atoms with Gasteiger partial charge in [0.1, 0.15) is 0 Å². The maximum atomic E-state index is 13.1. The molecule has 1 amide bonds. The number of rotatable bonds is 7. The second kappa shape index (κ2) is 10.7. The molecule has 1 saturated heterocycles. The van der Waals surface area contributed by atoms with Crippen molar-refractivity contribution in [2.24, 2.45) is 0 Å². The van der Waals surface area contributed by atoms with Gasteiger partial charge in [-0.3, -0.25) is 14.0 Å². The minimum Gasteiger partial charge on any atom is -0.454 e. The van der Waals surface area contributed by atoms with E-state index in [1.54, 1.807) is 12.1 Å². The molecule has 0 aliphatic carbocycles. The summed E-state index contributed by atoms with van der Waals surface area (Å²) in [6.45, 7) is 8.12. The van der Waals surface area contributed by atoms with Crippen molar-refractivity contribution in [1.29, 1.82) is 0 Å². The van der Waals surface area contributed by atoms with Crippen molar-refractivity contribution < 1.29 is 22.7 Å². The Balaban J connectivity index is 1.19. The highest BCUT2D eigenvalue weighted by molar-refractivity contribution is 7.92. The first kappa shape index (κ1) is 26.1. The summed E-state index contributed by atoms with van der Waals surface area (Å²) in [7, 11) is -3.48. The van der Waals surface area contributed by atoms with E-state index in [1.165, 1.54) is 10.6 Å². The predicted octanol–water partition coefficient (Wildman–Crippen LogP) is 3.96. The number of hydrogen-bond donors (Lipinski definition) is 0. The van der Waals surface area contributed by atoms with Crippen LogP contribution in [0, 0.1) is 13.8 Å². The summed E-state index contributed by atoms with van der Waals surface area (Å²) >= 11 is 0. The molecule has 8 nitrogen and oxygen atoms in total. The Labute approximate surface area is 224 Å². The van der Waals surface area contributed by atoms with Gasteiger partial charge in [-0.05, 0) is 72.5 Å². The molecule has 0 N–H and O–H groups in total. The van der Waals surface area contributed by atoms with Gasteiger partial charge in [-0.2, -0.15) is 0 Å². The van der Waals surface area contributed by atoms with Crippen LogP contribution in [-0.4, -0.2) is 63.4 Å². The number of piperazine rings is 1. The van der Waals surface area contributed by atoms with Gasteiger partial charge in [-0.25, -0.2) is 8.42 Å². The lowest BCUT2D eigenvalue weighted by Crippen LogP contribution is -2.48. The molecule has 3 aromatic carbocycles. The Bertz CT molecular complexity index is 1430. The molecule has 0 aromatic heterocycles. The third kappa shape index (κ3) is 5.79. The average Bonchev–Trinajstić information content (AvgIpc) is 3.37. The molecule has 38 heavy (non-hydrogen) atoms. The molecule has 0 spiro atoms. The van der Waals surface area contributed by atoms with Crippen molar-refractivity contribution >= 4 is 21.6 Å². The molecular weight excluding hydrogens is 502 g/mol. The van der Waals surface area contributed by atoms with Gasteiger partial charge in [0.05, 0.1) is 18.5 Å². The normalized spacial score (nSPS) is 15.5. The first-order chi connectivity index (χ1) is 18.2. The van der Waals surface area contributed by atoms with E-state index in [2.05, 4.69) is 11.0 Å². The van der Waals surface area contributed by atoms with Crippen LogP contribution in [0.15, 0.2) is 60.7 Å². The molecule has 5 rings (SSSR count). The maximum Gasteiger partial charge on any atom is 0.253 e. The molecule has 0 unspecified atom stereocenters. The summed E-state index contributed by atoms with van der Waals surface area (Å²) in [5.74, 6) is 1.56. The van der Waals surface area contributed by atoms with Crippen LogP contribution in [0.1, 0.15) is 32.6 Å². The summed E-state index contributed by atoms with van der Waals surface area (Å²) in [5, 5.41) is 0. The molecule has 9 heteroatoms. The summed E-state index contributed by atoms with van der Waals surface area (Å²) in [4.78, 5) is 17.4. The van der Waals surface area contributed by atoms with Crippen LogP contribution in [0.5, 0.6) is 11.5 Å². The summed E-state index contributed by atoms with van der Waals surface area (Å²) < 4.78 is 37.4. The number of nitrogens with zero attached hydrogens (tertiary/aromatic N) is 3. The lowest BCUT2D eigenvalue weighted by atomic mass is 10.1. The third-order valence-corrected chi connectivity index (χ3v) is 8.35. The van der Waals surface area contributed by atoms with E-state index in [4.69, 9.17) is 9.47 Å². The van der Waals surface area contributed by atoms with Crippen LogP contribution >= 0.6 is 0 Å². The van der Waals surface area contributed by atoms with Gasteiger partial charge in [0.25, 0.3) is 5.91 Å². The van der Waals surface area contributed by atoms with Gasteiger partial charge in [-0.1, -0.05) is 24.3 Å². The Morgan fingerprint density at radius 2 is 1.53 bits per heavy atom. The lowest BCUT2D eigenvalue weighted by Gasteiger charge is -2.34. The number of hydrogen-bond acceptors (Lipinski definition) is 6. The van der Waals surface area contributed by atoms with E-state index in [1.807, 2.05) is 61.2 Å². The SMILES string of the molecule is Cc1ccc(N(Cc2ccc(C(=O)N3CCN(Cc4ccc5c(c4)OCO5)CC3)cc2)S(C)(=O)=O)cc1C. The number of benzene rings is 3. The topological polar surface area (TPSA) is 79.4 Å². The van der Waals surface area contributed by atoms with Crippen LogP contribution in [-0.2, 0) is 23.1 Å². The van der Waals surface area contributed by atoms with Crippen molar-refractivity contribution in [1.82, 2.24) is 9.80 Å². The number of fused-ring (bicyclic) bond motifs is 1. The van der Waals surface area contributed by atoms with Crippen molar-refractivity contribution in [3.8, 4) is 11.5 Å². The van der Waals surface area contributed by atoms with Gasteiger partial charge >= 0.3 is 0 Å². The number of ether oxygens (including phenoxy) is 2. The van der Waals surface area contributed by atoms with Gasteiger partial charge in [0.15, 0.2) is 11.5 Å². The molecule has 0 saturated carbocycles. The molecule has 2 heterocycles. The zero-order valence-corrected chi connectivity index (χ0v) is 22.8. The van der Waals surface area contributed by atoms with Crippen molar-refractivity contribution in [2.45, 2.75) is 26.9 Å². The zero-order valence-electron chi connectivity index (χ0n) is 22.0. The van der Waals surface area contributed by atoms with Gasteiger partial charge in [0, 0.05) is 38.3 Å². The smallest absolute Gasteiger partial charge is 0.253 e. The van der Waals surface area contributed by atoms with E-state index >= 15 is 0 Å². The Hall–Kier alpha value is -3.56. The average molecular weight is 536 g/mol. The Kier molecular flexibility index (Phi) is 7.32. The van der Waals surface area contributed by atoms with Gasteiger partial charge in [0.2, 0.25) is 16.8 Å². The van der Waals surface area contributed by atoms with Crippen molar-refractivity contribution in [3.05, 3.63) is 88.5 Å². The van der Waals surface area contributed by atoms with Crippen LogP contribution in [0.4, 0.5) is 5.69 Å². The minimum absolute atomic E-state index is 0.00610. The number of anilines is 1. The molecule has 3 aromatic rings. The highest BCUT2D eigenvalue weighted by Gasteiger charge is 2.24. The third-order valence-electron chi connectivity index (χ3n) is 7.21. The first-order valence-corrected chi connectivity index (χ1v) is 14.6. The highest BCUT2D eigenvalue weighted by atomic mass is 32.2. The summed E-state index contributed by atoms with van der Waals surface area (Å²) in [5.41, 5.74) is 5.36. The summed E-state index contributed by atoms with van der Waals surface area (Å²) in [6.07, 6.45) is 1.21. The van der Waals surface area contributed by atoms with E-state index in [9.17, 15) is 13.2 Å². The zero-order chi connectivity index (χ0) is 26.9. The van der Waals surface area contributed by atoms with Gasteiger partial charge in [-0.15, -0.1) is 0 Å². The van der Waals surface area contributed by atoms with E-state index in [0.29, 0.717) is 24.3 Å². The number of carbonyl (C=O) groups excluding carboxylic acids is 1. The quantitative estimate of drug-likeness (QED) is 0.456. The standard InChI is InChI=1S/C29H33N3O5S/c1-21-4-10-26(16-22(21)2)32(38(3,34)35)19-23-5-8-25(9-6-23)29(33)31-14-12-30(13-15-31)18-24-7-11-27-28(17-24)37-20-36-27/h4-11,16-17H,12-15,18-20H2,1-3H3. The van der Waals surface area contributed by atoms with E-state index in [-0.39, 0.29) is 19.2 Å². The minimum atomic E-state index is -3.48.